The Bertz CT molecular complexity index is 1330. The first-order valence-electron chi connectivity index (χ1n) is 10.4. The first-order valence-corrected chi connectivity index (χ1v) is 10.4. The fourth-order valence-electron chi connectivity index (χ4n) is 3.81. The molecule has 3 aromatic carbocycles. The second-order valence-electron chi connectivity index (χ2n) is 7.60. The number of carbonyl (C=O) groups excluding carboxylic acids is 1. The van der Waals surface area contributed by atoms with Gasteiger partial charge in [-0.05, 0) is 35.4 Å². The molecule has 0 fully saturated rings. The average molecular weight is 427 g/mol. The van der Waals surface area contributed by atoms with Crippen molar-refractivity contribution in [3.05, 3.63) is 106 Å². The summed E-state index contributed by atoms with van der Waals surface area (Å²) in [6.07, 6.45) is 1.26. The van der Waals surface area contributed by atoms with Gasteiger partial charge in [-0.15, -0.1) is 0 Å². The van der Waals surface area contributed by atoms with Gasteiger partial charge in [-0.2, -0.15) is 0 Å². The van der Waals surface area contributed by atoms with Crippen molar-refractivity contribution in [2.45, 2.75) is 13.1 Å². The predicted molar refractivity (Wildman–Crippen MR) is 120 cm³/mol. The maximum atomic E-state index is 13.5. The molecule has 0 saturated heterocycles. The number of benzene rings is 3. The molecule has 6 nitrogen and oxygen atoms in total. The highest BCUT2D eigenvalue weighted by Gasteiger charge is 2.22. The van der Waals surface area contributed by atoms with Gasteiger partial charge in [-0.3, -0.25) is 9.59 Å². The highest BCUT2D eigenvalue weighted by molar-refractivity contribution is 5.96. The number of rotatable bonds is 5. The number of amides is 1. The fourth-order valence-corrected chi connectivity index (χ4v) is 3.81. The van der Waals surface area contributed by atoms with E-state index in [0.717, 1.165) is 11.1 Å². The second kappa shape index (κ2) is 8.59. The van der Waals surface area contributed by atoms with E-state index in [9.17, 15) is 9.59 Å². The Morgan fingerprint density at radius 1 is 0.812 bits per heavy atom. The summed E-state index contributed by atoms with van der Waals surface area (Å²) >= 11 is 0. The zero-order chi connectivity index (χ0) is 21.9. The van der Waals surface area contributed by atoms with Crippen molar-refractivity contribution in [2.24, 2.45) is 0 Å². The van der Waals surface area contributed by atoms with E-state index >= 15 is 0 Å². The Hall–Kier alpha value is -4.06. The standard InChI is InChI=1S/C26H21NO5/c28-25-20-8-4-5-9-22(20)32-17-21(25)26(29)27(15-18-6-2-1-3-7-18)16-19-10-11-23-24(14-19)31-13-12-30-23/h1-11,14,17H,12-13,15-16H2. The van der Waals surface area contributed by atoms with E-state index < -0.39 is 0 Å². The van der Waals surface area contributed by atoms with Crippen LogP contribution in [0.5, 0.6) is 11.5 Å². The number of hydrogen-bond donors (Lipinski definition) is 0. The van der Waals surface area contributed by atoms with Crippen molar-refractivity contribution >= 4 is 16.9 Å². The monoisotopic (exact) mass is 427 g/mol. The van der Waals surface area contributed by atoms with E-state index in [1.54, 1.807) is 29.2 Å². The minimum atomic E-state index is -0.386. The SMILES string of the molecule is O=C(c1coc2ccccc2c1=O)N(Cc1ccccc1)Cc1ccc2c(c1)OCCO2. The molecule has 160 valence electrons. The zero-order valence-electron chi connectivity index (χ0n) is 17.3. The Balaban J connectivity index is 1.50. The average Bonchev–Trinajstić information content (AvgIpc) is 2.84. The quantitative estimate of drug-likeness (QED) is 0.472. The number of fused-ring (bicyclic) bond motifs is 2. The van der Waals surface area contributed by atoms with Crippen molar-refractivity contribution in [1.29, 1.82) is 0 Å². The molecular weight excluding hydrogens is 406 g/mol. The number of ether oxygens (including phenoxy) is 2. The topological polar surface area (TPSA) is 69.0 Å². The van der Waals surface area contributed by atoms with Crippen LogP contribution in [0.25, 0.3) is 11.0 Å². The van der Waals surface area contributed by atoms with Gasteiger partial charge in [0, 0.05) is 13.1 Å². The van der Waals surface area contributed by atoms with Crippen molar-refractivity contribution in [1.82, 2.24) is 4.90 Å². The van der Waals surface area contributed by atoms with Gasteiger partial charge < -0.3 is 18.8 Å². The van der Waals surface area contributed by atoms with Crippen molar-refractivity contribution in [3.63, 3.8) is 0 Å². The minimum Gasteiger partial charge on any atom is -0.486 e. The smallest absolute Gasteiger partial charge is 0.261 e. The maximum absolute atomic E-state index is 13.5. The highest BCUT2D eigenvalue weighted by Crippen LogP contribution is 2.31. The van der Waals surface area contributed by atoms with Gasteiger partial charge >= 0.3 is 0 Å². The lowest BCUT2D eigenvalue weighted by Crippen LogP contribution is -2.33. The summed E-state index contributed by atoms with van der Waals surface area (Å²) in [7, 11) is 0. The van der Waals surface area contributed by atoms with Crippen LogP contribution in [-0.4, -0.2) is 24.0 Å². The van der Waals surface area contributed by atoms with Gasteiger partial charge in [0.05, 0.1) is 5.39 Å². The van der Waals surface area contributed by atoms with Gasteiger partial charge in [0.25, 0.3) is 5.91 Å². The van der Waals surface area contributed by atoms with Crippen LogP contribution >= 0.6 is 0 Å². The largest absolute Gasteiger partial charge is 0.486 e. The van der Waals surface area contributed by atoms with Crippen LogP contribution in [-0.2, 0) is 13.1 Å². The van der Waals surface area contributed by atoms with Gasteiger partial charge in [-0.1, -0.05) is 48.5 Å². The van der Waals surface area contributed by atoms with E-state index in [-0.39, 0.29) is 16.9 Å². The Morgan fingerprint density at radius 2 is 1.53 bits per heavy atom. The summed E-state index contributed by atoms with van der Waals surface area (Å²) in [4.78, 5) is 28.2. The van der Waals surface area contributed by atoms with Crippen molar-refractivity contribution in [2.75, 3.05) is 13.2 Å². The molecule has 1 aromatic heterocycles. The number of hydrogen-bond acceptors (Lipinski definition) is 5. The molecule has 1 aliphatic heterocycles. The molecule has 1 amide bonds. The number of carbonyl (C=O) groups is 1. The van der Waals surface area contributed by atoms with E-state index in [1.807, 2.05) is 48.5 Å². The van der Waals surface area contributed by atoms with Gasteiger partial charge in [0.2, 0.25) is 5.43 Å². The molecule has 6 heteroatoms. The lowest BCUT2D eigenvalue weighted by Gasteiger charge is -2.24. The van der Waals surface area contributed by atoms with Gasteiger partial charge in [0.15, 0.2) is 11.5 Å². The van der Waals surface area contributed by atoms with Crippen molar-refractivity contribution < 1.29 is 18.7 Å². The summed E-state index contributed by atoms with van der Waals surface area (Å²) in [6, 6.07) is 22.2. The van der Waals surface area contributed by atoms with E-state index in [0.29, 0.717) is 48.8 Å². The summed E-state index contributed by atoms with van der Waals surface area (Å²) in [5.41, 5.74) is 1.97. The molecule has 2 heterocycles. The molecular formula is C26H21NO5. The lowest BCUT2D eigenvalue weighted by atomic mass is 10.1. The van der Waals surface area contributed by atoms with Gasteiger partial charge in [-0.25, -0.2) is 0 Å². The molecule has 0 bridgehead atoms. The predicted octanol–water partition coefficient (Wildman–Crippen LogP) is 4.41. The molecule has 0 radical (unpaired) electrons. The highest BCUT2D eigenvalue weighted by atomic mass is 16.6. The third kappa shape index (κ3) is 3.95. The molecule has 0 saturated carbocycles. The summed E-state index contributed by atoms with van der Waals surface area (Å²) in [5, 5.41) is 0.386. The Kier molecular flexibility index (Phi) is 5.34. The summed E-state index contributed by atoms with van der Waals surface area (Å²) in [5.74, 6) is 0.963. The molecule has 0 N–H and O–H groups in total. The van der Waals surface area contributed by atoms with Crippen LogP contribution in [0.3, 0.4) is 0 Å². The third-order valence-corrected chi connectivity index (χ3v) is 5.39. The summed E-state index contributed by atoms with van der Waals surface area (Å²) < 4.78 is 16.9. The fraction of sp³-hybridized carbons (Fsp3) is 0.154. The van der Waals surface area contributed by atoms with Crippen LogP contribution in [0.1, 0.15) is 21.5 Å². The van der Waals surface area contributed by atoms with E-state index in [4.69, 9.17) is 13.9 Å². The Labute approximate surface area is 184 Å². The van der Waals surface area contributed by atoms with Gasteiger partial charge in [0.1, 0.15) is 30.6 Å². The molecule has 4 aromatic rings. The van der Waals surface area contributed by atoms with Crippen molar-refractivity contribution in [3.8, 4) is 11.5 Å². The second-order valence-corrected chi connectivity index (χ2v) is 7.60. The maximum Gasteiger partial charge on any atom is 0.261 e. The zero-order valence-corrected chi connectivity index (χ0v) is 17.3. The third-order valence-electron chi connectivity index (χ3n) is 5.39. The Morgan fingerprint density at radius 3 is 2.38 bits per heavy atom. The molecule has 1 aliphatic rings. The van der Waals surface area contributed by atoms with Crippen LogP contribution in [0.4, 0.5) is 0 Å². The van der Waals surface area contributed by atoms with Crippen LogP contribution in [0.15, 0.2) is 88.3 Å². The summed E-state index contributed by atoms with van der Waals surface area (Å²) in [6.45, 7) is 1.65. The molecule has 0 unspecified atom stereocenters. The molecule has 0 spiro atoms. The molecule has 32 heavy (non-hydrogen) atoms. The molecule has 0 aliphatic carbocycles. The van der Waals surface area contributed by atoms with E-state index in [2.05, 4.69) is 0 Å². The first kappa shape index (κ1) is 19.9. The van der Waals surface area contributed by atoms with Crippen LogP contribution < -0.4 is 14.9 Å². The van der Waals surface area contributed by atoms with E-state index in [1.165, 1.54) is 6.26 Å². The first-order chi connectivity index (χ1) is 15.7. The van der Waals surface area contributed by atoms with Crippen LogP contribution in [0, 0.1) is 0 Å². The molecule has 5 rings (SSSR count). The van der Waals surface area contributed by atoms with Crippen LogP contribution in [0.2, 0.25) is 0 Å². The lowest BCUT2D eigenvalue weighted by molar-refractivity contribution is 0.0726. The number of nitrogens with zero attached hydrogens (tertiary/aromatic N) is 1. The normalized spacial score (nSPS) is 12.5. The number of para-hydroxylation sites is 1. The minimum absolute atomic E-state index is 0.0113. The molecule has 0 atom stereocenters.